The van der Waals surface area contributed by atoms with Gasteiger partial charge in [-0.25, -0.2) is 0 Å². The van der Waals surface area contributed by atoms with Gasteiger partial charge in [-0.1, -0.05) is 46.3 Å². The predicted octanol–water partition coefficient (Wildman–Crippen LogP) is 3.52. The molecule has 1 heterocycles. The molecule has 0 radical (unpaired) electrons. The number of carbonyl (C=O) groups excluding carboxylic acids is 1. The molecule has 1 aliphatic heterocycles. The quantitative estimate of drug-likeness (QED) is 0.775. The van der Waals surface area contributed by atoms with Crippen LogP contribution in [0.5, 0.6) is 0 Å². The van der Waals surface area contributed by atoms with Gasteiger partial charge in [0.25, 0.3) is 0 Å². The first-order valence-electron chi connectivity index (χ1n) is 5.25. The Hall–Kier alpha value is -1.09. The average molecular weight is 281 g/mol. The molecule has 0 spiro atoms. The molecule has 1 aromatic rings. The van der Waals surface area contributed by atoms with Gasteiger partial charge in [-0.05, 0) is 18.6 Å². The van der Waals surface area contributed by atoms with Gasteiger partial charge in [-0.15, -0.1) is 0 Å². The third kappa shape index (κ3) is 2.35. The van der Waals surface area contributed by atoms with E-state index >= 15 is 0 Å². The van der Waals surface area contributed by atoms with Gasteiger partial charge in [0.05, 0.1) is 0 Å². The molecule has 1 saturated heterocycles. The van der Waals surface area contributed by atoms with Gasteiger partial charge < -0.3 is 4.74 Å². The van der Waals surface area contributed by atoms with Crippen molar-refractivity contribution in [3.8, 4) is 0 Å². The van der Waals surface area contributed by atoms with Gasteiger partial charge in [0.15, 0.2) is 0 Å². The van der Waals surface area contributed by atoms with Crippen LogP contribution in [0.25, 0.3) is 6.08 Å². The smallest absolute Gasteiger partial charge is 0.306 e. The summed E-state index contributed by atoms with van der Waals surface area (Å²) in [4.78, 5) is 11.1. The van der Waals surface area contributed by atoms with Crippen LogP contribution in [-0.4, -0.2) is 11.6 Å². The first-order chi connectivity index (χ1) is 7.60. The first kappa shape index (κ1) is 11.4. The summed E-state index contributed by atoms with van der Waals surface area (Å²) in [5.74, 6) is -0.124. The minimum Gasteiger partial charge on any atom is -0.454 e. The van der Waals surface area contributed by atoms with Gasteiger partial charge in [0, 0.05) is 17.3 Å². The van der Waals surface area contributed by atoms with Crippen LogP contribution >= 0.6 is 15.9 Å². The number of rotatable bonds is 2. The Bertz CT molecular complexity index is 425. The van der Waals surface area contributed by atoms with Crippen LogP contribution in [0.2, 0.25) is 0 Å². The monoisotopic (exact) mass is 280 g/mol. The van der Waals surface area contributed by atoms with Crippen LogP contribution in [-0.2, 0) is 9.53 Å². The number of halogens is 1. The minimum atomic E-state index is -0.493. The highest BCUT2D eigenvalue weighted by molar-refractivity contribution is 9.11. The molecule has 0 saturated carbocycles. The van der Waals surface area contributed by atoms with E-state index in [4.69, 9.17) is 4.74 Å². The SMILES string of the molecule is C[C@]1(/C(Br)=C/c2ccccc2)CCC(=O)O1. The predicted molar refractivity (Wildman–Crippen MR) is 67.1 cm³/mol. The van der Waals surface area contributed by atoms with Crippen molar-refractivity contribution >= 4 is 28.0 Å². The number of cyclic esters (lactones) is 1. The Kier molecular flexibility index (Phi) is 3.15. The second-order valence-electron chi connectivity index (χ2n) is 4.11. The Labute approximate surface area is 103 Å². The van der Waals surface area contributed by atoms with E-state index in [1.165, 1.54) is 0 Å². The standard InChI is InChI=1S/C13H13BrO2/c1-13(8-7-12(15)16-13)11(14)9-10-5-3-2-4-6-10/h2-6,9H,7-8H2,1H3/b11-9-/t13-/m1/s1. The maximum Gasteiger partial charge on any atom is 0.306 e. The topological polar surface area (TPSA) is 26.3 Å². The summed E-state index contributed by atoms with van der Waals surface area (Å²) in [6.45, 7) is 1.93. The second-order valence-corrected chi connectivity index (χ2v) is 4.96. The van der Waals surface area contributed by atoms with Crippen LogP contribution in [0.4, 0.5) is 0 Å². The van der Waals surface area contributed by atoms with E-state index in [1.54, 1.807) is 0 Å². The Morgan fingerprint density at radius 3 is 2.69 bits per heavy atom. The third-order valence-electron chi connectivity index (χ3n) is 2.74. The van der Waals surface area contributed by atoms with Gasteiger partial charge in [0.1, 0.15) is 5.60 Å². The number of benzene rings is 1. The average Bonchev–Trinajstić information content (AvgIpc) is 2.61. The molecular weight excluding hydrogens is 268 g/mol. The molecule has 1 fully saturated rings. The molecular formula is C13H13BrO2. The Morgan fingerprint density at radius 1 is 1.44 bits per heavy atom. The number of hydrogen-bond acceptors (Lipinski definition) is 2. The summed E-state index contributed by atoms with van der Waals surface area (Å²) < 4.78 is 6.24. The van der Waals surface area contributed by atoms with Crippen molar-refractivity contribution in [2.75, 3.05) is 0 Å². The van der Waals surface area contributed by atoms with Crippen molar-refractivity contribution in [2.45, 2.75) is 25.4 Å². The van der Waals surface area contributed by atoms with Gasteiger partial charge in [-0.3, -0.25) is 4.79 Å². The van der Waals surface area contributed by atoms with E-state index in [9.17, 15) is 4.79 Å². The molecule has 1 aliphatic rings. The molecule has 0 N–H and O–H groups in total. The molecule has 3 heteroatoms. The second kappa shape index (κ2) is 4.42. The highest BCUT2D eigenvalue weighted by atomic mass is 79.9. The zero-order chi connectivity index (χ0) is 11.6. The molecule has 0 unspecified atom stereocenters. The molecule has 0 aromatic heterocycles. The minimum absolute atomic E-state index is 0.124. The van der Waals surface area contributed by atoms with Gasteiger partial charge in [-0.2, -0.15) is 0 Å². The van der Waals surface area contributed by atoms with Crippen molar-refractivity contribution in [1.29, 1.82) is 0 Å². The summed E-state index contributed by atoms with van der Waals surface area (Å²) in [5.41, 5.74) is 0.603. The van der Waals surface area contributed by atoms with Crippen LogP contribution in [0, 0.1) is 0 Å². The van der Waals surface area contributed by atoms with E-state index < -0.39 is 5.60 Å². The molecule has 0 aliphatic carbocycles. The maximum absolute atomic E-state index is 11.1. The molecule has 0 bridgehead atoms. The van der Waals surface area contributed by atoms with E-state index in [0.29, 0.717) is 6.42 Å². The molecule has 1 atom stereocenters. The lowest BCUT2D eigenvalue weighted by molar-refractivity contribution is -0.144. The molecule has 2 rings (SSSR count). The number of esters is 1. The van der Waals surface area contributed by atoms with Crippen LogP contribution in [0.1, 0.15) is 25.3 Å². The fourth-order valence-corrected chi connectivity index (χ4v) is 2.25. The fraction of sp³-hybridized carbons (Fsp3) is 0.308. The van der Waals surface area contributed by atoms with Crippen molar-refractivity contribution in [2.24, 2.45) is 0 Å². The normalized spacial score (nSPS) is 25.6. The molecule has 84 valence electrons. The molecule has 2 nitrogen and oxygen atoms in total. The summed E-state index contributed by atoms with van der Waals surface area (Å²) in [7, 11) is 0. The number of ether oxygens (including phenoxy) is 1. The zero-order valence-corrected chi connectivity index (χ0v) is 10.7. The van der Waals surface area contributed by atoms with Crippen LogP contribution in [0.15, 0.2) is 34.8 Å². The molecule has 0 amide bonds. The summed E-state index contributed by atoms with van der Waals surface area (Å²) in [5, 5.41) is 0. The summed E-state index contributed by atoms with van der Waals surface area (Å²) >= 11 is 3.51. The van der Waals surface area contributed by atoms with Crippen molar-refractivity contribution < 1.29 is 9.53 Å². The largest absolute Gasteiger partial charge is 0.454 e. The van der Waals surface area contributed by atoms with Gasteiger partial charge >= 0.3 is 5.97 Å². The third-order valence-corrected chi connectivity index (χ3v) is 3.81. The van der Waals surface area contributed by atoms with Crippen LogP contribution in [0.3, 0.4) is 0 Å². The Morgan fingerprint density at radius 2 is 2.12 bits per heavy atom. The number of hydrogen-bond donors (Lipinski definition) is 0. The Balaban J connectivity index is 2.22. The maximum atomic E-state index is 11.1. The zero-order valence-electron chi connectivity index (χ0n) is 9.07. The lowest BCUT2D eigenvalue weighted by Gasteiger charge is -2.22. The molecule has 16 heavy (non-hydrogen) atoms. The van der Waals surface area contributed by atoms with Gasteiger partial charge in [0.2, 0.25) is 0 Å². The number of carbonyl (C=O) groups is 1. The van der Waals surface area contributed by atoms with Crippen molar-refractivity contribution in [1.82, 2.24) is 0 Å². The van der Waals surface area contributed by atoms with E-state index in [-0.39, 0.29) is 5.97 Å². The summed E-state index contributed by atoms with van der Waals surface area (Å²) in [6.07, 6.45) is 3.22. The van der Waals surface area contributed by atoms with Crippen LogP contribution < -0.4 is 0 Å². The highest BCUT2D eigenvalue weighted by Gasteiger charge is 2.38. The van der Waals surface area contributed by atoms with E-state index in [0.717, 1.165) is 16.5 Å². The van der Waals surface area contributed by atoms with Crippen molar-refractivity contribution in [3.63, 3.8) is 0 Å². The lowest BCUT2D eigenvalue weighted by Crippen LogP contribution is -2.23. The van der Waals surface area contributed by atoms with E-state index in [1.807, 2.05) is 43.3 Å². The summed E-state index contributed by atoms with van der Waals surface area (Å²) in [6, 6.07) is 9.97. The van der Waals surface area contributed by atoms with E-state index in [2.05, 4.69) is 15.9 Å². The fourth-order valence-electron chi connectivity index (χ4n) is 1.71. The van der Waals surface area contributed by atoms with Crippen molar-refractivity contribution in [3.05, 3.63) is 40.4 Å². The lowest BCUT2D eigenvalue weighted by atomic mass is 10.0. The molecule has 1 aromatic carbocycles. The first-order valence-corrected chi connectivity index (χ1v) is 6.04. The highest BCUT2D eigenvalue weighted by Crippen LogP contribution is 2.37.